The Morgan fingerprint density at radius 1 is 0.920 bits per heavy atom. The van der Waals surface area contributed by atoms with Gasteiger partial charge in [0.2, 0.25) is 0 Å². The van der Waals surface area contributed by atoms with Gasteiger partial charge in [-0.3, -0.25) is 4.79 Å². The number of rotatable bonds is 4. The number of nitrogens with zero attached hydrogens (tertiary/aromatic N) is 1. The van der Waals surface area contributed by atoms with Crippen LogP contribution < -0.4 is 10.6 Å². The maximum atomic E-state index is 12.3. The first-order valence-electron chi connectivity index (χ1n) is 8.19. The summed E-state index contributed by atoms with van der Waals surface area (Å²) in [5.74, 6) is 0.600. The molecular formula is C21H21N3O. The quantitative estimate of drug-likeness (QED) is 0.707. The highest BCUT2D eigenvalue weighted by Crippen LogP contribution is 2.21. The molecule has 4 nitrogen and oxygen atoms in total. The molecule has 0 radical (unpaired) electrons. The highest BCUT2D eigenvalue weighted by molar-refractivity contribution is 6.04. The minimum Gasteiger partial charge on any atom is -0.340 e. The van der Waals surface area contributed by atoms with Gasteiger partial charge in [0.15, 0.2) is 0 Å². The highest BCUT2D eigenvalue weighted by Gasteiger charge is 2.07. The van der Waals surface area contributed by atoms with Crippen LogP contribution in [0.5, 0.6) is 0 Å². The van der Waals surface area contributed by atoms with Gasteiger partial charge in [-0.2, -0.15) is 0 Å². The van der Waals surface area contributed by atoms with Gasteiger partial charge in [-0.25, -0.2) is 4.98 Å². The molecule has 2 aromatic carbocycles. The van der Waals surface area contributed by atoms with Crippen LogP contribution >= 0.6 is 0 Å². The van der Waals surface area contributed by atoms with Crippen molar-refractivity contribution in [2.24, 2.45) is 0 Å². The summed E-state index contributed by atoms with van der Waals surface area (Å²) in [4.78, 5) is 16.7. The molecule has 0 atom stereocenters. The van der Waals surface area contributed by atoms with Crippen LogP contribution in [0.1, 0.15) is 27.0 Å². The molecule has 0 bridgehead atoms. The maximum absolute atomic E-state index is 12.3. The number of hydrogen-bond donors (Lipinski definition) is 2. The van der Waals surface area contributed by atoms with Gasteiger partial charge in [0.25, 0.3) is 5.91 Å². The largest absolute Gasteiger partial charge is 0.340 e. The van der Waals surface area contributed by atoms with Crippen LogP contribution in [0.25, 0.3) is 0 Å². The fraction of sp³-hybridized carbons (Fsp3) is 0.143. The number of anilines is 3. The molecule has 0 unspecified atom stereocenters. The van der Waals surface area contributed by atoms with Crippen molar-refractivity contribution in [1.82, 2.24) is 4.98 Å². The molecule has 4 heteroatoms. The molecular weight excluding hydrogens is 310 g/mol. The summed E-state index contributed by atoms with van der Waals surface area (Å²) in [6.45, 7) is 6.08. The molecule has 3 rings (SSSR count). The van der Waals surface area contributed by atoms with Crippen LogP contribution in [0, 0.1) is 20.8 Å². The predicted octanol–water partition coefficient (Wildman–Crippen LogP) is 5.00. The first-order valence-corrected chi connectivity index (χ1v) is 8.19. The van der Waals surface area contributed by atoms with E-state index in [0.29, 0.717) is 11.3 Å². The number of aryl methyl sites for hydroxylation is 3. The third-order valence-electron chi connectivity index (χ3n) is 3.96. The van der Waals surface area contributed by atoms with Gasteiger partial charge in [0.1, 0.15) is 5.82 Å². The number of pyridine rings is 1. The molecule has 25 heavy (non-hydrogen) atoms. The topological polar surface area (TPSA) is 54.0 Å². The minimum atomic E-state index is -0.138. The Hall–Kier alpha value is -3.14. The Bertz CT molecular complexity index is 901. The van der Waals surface area contributed by atoms with Crippen molar-refractivity contribution in [1.29, 1.82) is 0 Å². The molecule has 0 spiro atoms. The summed E-state index contributed by atoms with van der Waals surface area (Å²) in [6, 6.07) is 17.4. The SMILES string of the molecule is Cc1cccc(C(=O)Nc2ccc(Nc3cc(C)ccc3C)nc2)c1. The van der Waals surface area contributed by atoms with Crippen LogP contribution in [0.2, 0.25) is 0 Å². The van der Waals surface area contributed by atoms with E-state index in [2.05, 4.69) is 47.7 Å². The fourth-order valence-corrected chi connectivity index (χ4v) is 2.54. The van der Waals surface area contributed by atoms with Crippen molar-refractivity contribution in [3.63, 3.8) is 0 Å². The van der Waals surface area contributed by atoms with Crippen molar-refractivity contribution in [2.75, 3.05) is 10.6 Å². The van der Waals surface area contributed by atoms with Gasteiger partial charge in [-0.05, 0) is 62.2 Å². The second kappa shape index (κ2) is 7.18. The van der Waals surface area contributed by atoms with Crippen LogP contribution in [-0.2, 0) is 0 Å². The van der Waals surface area contributed by atoms with Crippen molar-refractivity contribution >= 4 is 23.1 Å². The molecule has 126 valence electrons. The fourth-order valence-electron chi connectivity index (χ4n) is 2.54. The summed E-state index contributed by atoms with van der Waals surface area (Å²) >= 11 is 0. The number of aromatic nitrogens is 1. The molecule has 0 saturated heterocycles. The second-order valence-electron chi connectivity index (χ2n) is 6.20. The number of hydrogen-bond acceptors (Lipinski definition) is 3. The van der Waals surface area contributed by atoms with E-state index < -0.39 is 0 Å². The van der Waals surface area contributed by atoms with E-state index in [1.54, 1.807) is 12.3 Å². The second-order valence-corrected chi connectivity index (χ2v) is 6.20. The van der Waals surface area contributed by atoms with E-state index in [1.807, 2.05) is 37.3 Å². The zero-order chi connectivity index (χ0) is 17.8. The van der Waals surface area contributed by atoms with E-state index >= 15 is 0 Å². The Labute approximate surface area is 147 Å². The highest BCUT2D eigenvalue weighted by atomic mass is 16.1. The molecule has 0 aliphatic carbocycles. The maximum Gasteiger partial charge on any atom is 0.255 e. The van der Waals surface area contributed by atoms with Crippen LogP contribution in [0.4, 0.5) is 17.2 Å². The number of carbonyl (C=O) groups is 1. The minimum absolute atomic E-state index is 0.138. The molecule has 1 aromatic heterocycles. The Morgan fingerprint density at radius 2 is 1.72 bits per heavy atom. The first-order chi connectivity index (χ1) is 12.0. The van der Waals surface area contributed by atoms with Crippen molar-refractivity contribution in [3.05, 3.63) is 83.0 Å². The van der Waals surface area contributed by atoms with E-state index in [-0.39, 0.29) is 5.91 Å². The van der Waals surface area contributed by atoms with Crippen molar-refractivity contribution < 1.29 is 4.79 Å². The van der Waals surface area contributed by atoms with Crippen LogP contribution in [0.15, 0.2) is 60.8 Å². The van der Waals surface area contributed by atoms with Crippen molar-refractivity contribution in [3.8, 4) is 0 Å². The summed E-state index contributed by atoms with van der Waals surface area (Å²) in [5, 5.41) is 6.18. The van der Waals surface area contributed by atoms with Gasteiger partial charge in [-0.1, -0.05) is 29.8 Å². The Kier molecular flexibility index (Phi) is 4.80. The first kappa shape index (κ1) is 16.7. The molecule has 0 aliphatic heterocycles. The van der Waals surface area contributed by atoms with E-state index in [0.717, 1.165) is 22.6 Å². The van der Waals surface area contributed by atoms with E-state index in [4.69, 9.17) is 0 Å². The van der Waals surface area contributed by atoms with Gasteiger partial charge in [-0.15, -0.1) is 0 Å². The van der Waals surface area contributed by atoms with E-state index in [1.165, 1.54) is 5.56 Å². The zero-order valence-corrected chi connectivity index (χ0v) is 14.6. The number of benzene rings is 2. The monoisotopic (exact) mass is 331 g/mol. The molecule has 1 heterocycles. The summed E-state index contributed by atoms with van der Waals surface area (Å²) in [6.07, 6.45) is 1.65. The molecule has 0 aliphatic rings. The third kappa shape index (κ3) is 4.23. The van der Waals surface area contributed by atoms with Gasteiger partial charge < -0.3 is 10.6 Å². The zero-order valence-electron chi connectivity index (χ0n) is 14.6. The molecule has 2 N–H and O–H groups in total. The van der Waals surface area contributed by atoms with Gasteiger partial charge in [0.05, 0.1) is 11.9 Å². The molecule has 0 saturated carbocycles. The molecule has 0 fully saturated rings. The van der Waals surface area contributed by atoms with Crippen LogP contribution in [-0.4, -0.2) is 10.9 Å². The number of amides is 1. The lowest BCUT2D eigenvalue weighted by Gasteiger charge is -2.11. The summed E-state index contributed by atoms with van der Waals surface area (Å²) in [5.41, 5.74) is 5.73. The average Bonchev–Trinajstić information content (AvgIpc) is 2.60. The van der Waals surface area contributed by atoms with E-state index in [9.17, 15) is 4.79 Å². The predicted molar refractivity (Wildman–Crippen MR) is 103 cm³/mol. The van der Waals surface area contributed by atoms with Gasteiger partial charge in [0, 0.05) is 11.3 Å². The summed E-state index contributed by atoms with van der Waals surface area (Å²) < 4.78 is 0. The lowest BCUT2D eigenvalue weighted by Crippen LogP contribution is -2.12. The van der Waals surface area contributed by atoms with Crippen molar-refractivity contribution in [2.45, 2.75) is 20.8 Å². The lowest BCUT2D eigenvalue weighted by atomic mass is 10.1. The molecule has 3 aromatic rings. The smallest absolute Gasteiger partial charge is 0.255 e. The third-order valence-corrected chi connectivity index (χ3v) is 3.96. The number of carbonyl (C=O) groups excluding carboxylic acids is 1. The lowest BCUT2D eigenvalue weighted by molar-refractivity contribution is 0.102. The van der Waals surface area contributed by atoms with Crippen LogP contribution in [0.3, 0.4) is 0 Å². The number of nitrogens with one attached hydrogen (secondary N) is 2. The standard InChI is InChI=1S/C21H21N3O/c1-14-5-4-6-17(11-14)21(25)23-18-9-10-20(22-13-18)24-19-12-15(2)7-8-16(19)3/h4-13H,1-3H3,(H,22,24)(H,23,25). The Morgan fingerprint density at radius 3 is 2.44 bits per heavy atom. The average molecular weight is 331 g/mol. The molecule has 1 amide bonds. The summed E-state index contributed by atoms with van der Waals surface area (Å²) in [7, 11) is 0. The van der Waals surface area contributed by atoms with Gasteiger partial charge >= 0.3 is 0 Å². The normalized spacial score (nSPS) is 10.4. The Balaban J connectivity index is 1.70.